The molecule has 0 unspecified atom stereocenters. The number of anilines is 1. The molecular weight excluding hydrogens is 249 g/mol. The van der Waals surface area contributed by atoms with E-state index >= 15 is 0 Å². The molecule has 1 aromatic carbocycles. The summed E-state index contributed by atoms with van der Waals surface area (Å²) in [4.78, 5) is 12.2. The first-order valence-corrected chi connectivity index (χ1v) is 6.45. The fourth-order valence-corrected chi connectivity index (χ4v) is 2.18. The molecule has 0 aliphatic carbocycles. The van der Waals surface area contributed by atoms with Gasteiger partial charge in [-0.05, 0) is 31.2 Å². The number of rotatable bonds is 4. The van der Waals surface area contributed by atoms with Gasteiger partial charge in [0.25, 0.3) is 0 Å². The quantitative estimate of drug-likeness (QED) is 0.851. The standard InChI is InChI=1S/C14H18FNO3/c1-2-19-13(17)14(7-9-18-10-8-14)16-12-5-3-11(15)4-6-12/h3-6,16H,2,7-10H2,1H3. The predicted octanol–water partition coefficient (Wildman–Crippen LogP) is 2.35. The van der Waals surface area contributed by atoms with Crippen molar-refractivity contribution < 1.29 is 18.7 Å². The Hall–Kier alpha value is -1.62. The topological polar surface area (TPSA) is 47.6 Å². The van der Waals surface area contributed by atoms with Crippen LogP contribution in [0.25, 0.3) is 0 Å². The van der Waals surface area contributed by atoms with Crippen LogP contribution in [0.5, 0.6) is 0 Å². The molecule has 0 aromatic heterocycles. The number of carbonyl (C=O) groups is 1. The fraction of sp³-hybridized carbons (Fsp3) is 0.500. The van der Waals surface area contributed by atoms with Crippen LogP contribution in [0.15, 0.2) is 24.3 Å². The lowest BCUT2D eigenvalue weighted by molar-refractivity contribution is -0.152. The minimum Gasteiger partial charge on any atom is -0.464 e. The van der Waals surface area contributed by atoms with Gasteiger partial charge in [0.1, 0.15) is 11.4 Å². The van der Waals surface area contributed by atoms with Crippen LogP contribution in [0.4, 0.5) is 10.1 Å². The molecule has 0 radical (unpaired) electrons. The van der Waals surface area contributed by atoms with Crippen LogP contribution in [0, 0.1) is 5.82 Å². The van der Waals surface area contributed by atoms with Crippen LogP contribution in [0.3, 0.4) is 0 Å². The van der Waals surface area contributed by atoms with Crippen molar-refractivity contribution in [3.63, 3.8) is 0 Å². The van der Waals surface area contributed by atoms with Crippen molar-refractivity contribution in [2.75, 3.05) is 25.1 Å². The van der Waals surface area contributed by atoms with Crippen molar-refractivity contribution >= 4 is 11.7 Å². The second kappa shape index (κ2) is 6.02. The van der Waals surface area contributed by atoms with Crippen molar-refractivity contribution in [2.24, 2.45) is 0 Å². The number of hydrogen-bond acceptors (Lipinski definition) is 4. The van der Waals surface area contributed by atoms with E-state index in [-0.39, 0.29) is 11.8 Å². The third-order valence-electron chi connectivity index (χ3n) is 3.24. The Labute approximate surface area is 111 Å². The van der Waals surface area contributed by atoms with E-state index < -0.39 is 5.54 Å². The first kappa shape index (κ1) is 13.8. The zero-order valence-corrected chi connectivity index (χ0v) is 10.9. The van der Waals surface area contributed by atoms with Crippen LogP contribution in [-0.2, 0) is 14.3 Å². The molecule has 1 heterocycles. The maximum Gasteiger partial charge on any atom is 0.331 e. The molecule has 1 aromatic rings. The highest BCUT2D eigenvalue weighted by molar-refractivity contribution is 5.84. The SMILES string of the molecule is CCOC(=O)C1(Nc2ccc(F)cc2)CCOCC1. The van der Waals surface area contributed by atoms with E-state index in [0.717, 1.165) is 0 Å². The summed E-state index contributed by atoms with van der Waals surface area (Å²) in [5.41, 5.74) is -0.0668. The fourth-order valence-electron chi connectivity index (χ4n) is 2.18. The van der Waals surface area contributed by atoms with Gasteiger partial charge in [-0.2, -0.15) is 0 Å². The van der Waals surface area contributed by atoms with Gasteiger partial charge in [0.05, 0.1) is 6.61 Å². The average molecular weight is 267 g/mol. The molecule has 0 spiro atoms. The van der Waals surface area contributed by atoms with E-state index in [1.807, 2.05) is 0 Å². The molecule has 1 aliphatic heterocycles. The zero-order valence-electron chi connectivity index (χ0n) is 10.9. The average Bonchev–Trinajstić information content (AvgIpc) is 2.43. The van der Waals surface area contributed by atoms with E-state index in [4.69, 9.17) is 9.47 Å². The van der Waals surface area contributed by atoms with Gasteiger partial charge in [0, 0.05) is 31.7 Å². The zero-order chi connectivity index (χ0) is 13.7. The monoisotopic (exact) mass is 267 g/mol. The Balaban J connectivity index is 2.17. The Morgan fingerprint density at radius 3 is 2.58 bits per heavy atom. The maximum absolute atomic E-state index is 12.9. The van der Waals surface area contributed by atoms with Gasteiger partial charge < -0.3 is 14.8 Å². The van der Waals surface area contributed by atoms with Crippen molar-refractivity contribution in [1.82, 2.24) is 0 Å². The molecule has 19 heavy (non-hydrogen) atoms. The van der Waals surface area contributed by atoms with Crippen LogP contribution in [0.2, 0.25) is 0 Å². The number of hydrogen-bond donors (Lipinski definition) is 1. The second-order valence-electron chi connectivity index (χ2n) is 4.55. The van der Waals surface area contributed by atoms with Crippen LogP contribution in [0.1, 0.15) is 19.8 Å². The molecule has 1 saturated heterocycles. The Morgan fingerprint density at radius 1 is 1.37 bits per heavy atom. The molecule has 1 fully saturated rings. The van der Waals surface area contributed by atoms with Gasteiger partial charge in [0.15, 0.2) is 0 Å². The Kier molecular flexibility index (Phi) is 4.37. The Bertz CT molecular complexity index is 427. The molecular formula is C14H18FNO3. The van der Waals surface area contributed by atoms with Gasteiger partial charge in [-0.25, -0.2) is 9.18 Å². The van der Waals surface area contributed by atoms with Crippen molar-refractivity contribution in [3.05, 3.63) is 30.1 Å². The van der Waals surface area contributed by atoms with Gasteiger partial charge in [-0.15, -0.1) is 0 Å². The summed E-state index contributed by atoms with van der Waals surface area (Å²) >= 11 is 0. The van der Waals surface area contributed by atoms with E-state index in [9.17, 15) is 9.18 Å². The first-order chi connectivity index (χ1) is 9.16. The minimum absolute atomic E-state index is 0.275. The van der Waals surface area contributed by atoms with E-state index in [1.165, 1.54) is 12.1 Å². The molecule has 0 atom stereocenters. The lowest BCUT2D eigenvalue weighted by atomic mass is 9.89. The third kappa shape index (κ3) is 3.23. The second-order valence-corrected chi connectivity index (χ2v) is 4.55. The van der Waals surface area contributed by atoms with Crippen LogP contribution >= 0.6 is 0 Å². The number of esters is 1. The van der Waals surface area contributed by atoms with E-state index in [0.29, 0.717) is 38.3 Å². The van der Waals surface area contributed by atoms with Crippen molar-refractivity contribution in [2.45, 2.75) is 25.3 Å². The van der Waals surface area contributed by atoms with Gasteiger partial charge in [-0.3, -0.25) is 0 Å². The summed E-state index contributed by atoms with van der Waals surface area (Å²) in [6.45, 7) is 3.13. The predicted molar refractivity (Wildman–Crippen MR) is 69.4 cm³/mol. The molecule has 0 amide bonds. The largest absolute Gasteiger partial charge is 0.464 e. The lowest BCUT2D eigenvalue weighted by Gasteiger charge is -2.36. The van der Waals surface area contributed by atoms with E-state index in [1.54, 1.807) is 19.1 Å². The number of ether oxygens (including phenoxy) is 2. The van der Waals surface area contributed by atoms with Crippen LogP contribution in [-0.4, -0.2) is 31.3 Å². The third-order valence-corrected chi connectivity index (χ3v) is 3.24. The molecule has 1 N–H and O–H groups in total. The first-order valence-electron chi connectivity index (χ1n) is 6.45. The lowest BCUT2D eigenvalue weighted by Crippen LogP contribution is -2.51. The van der Waals surface area contributed by atoms with Crippen molar-refractivity contribution in [1.29, 1.82) is 0 Å². The summed E-state index contributed by atoms with van der Waals surface area (Å²) in [6, 6.07) is 5.96. The van der Waals surface area contributed by atoms with Crippen LogP contribution < -0.4 is 5.32 Å². The smallest absolute Gasteiger partial charge is 0.331 e. The van der Waals surface area contributed by atoms with Crippen molar-refractivity contribution in [3.8, 4) is 0 Å². The number of benzene rings is 1. The van der Waals surface area contributed by atoms with Gasteiger partial charge in [-0.1, -0.05) is 0 Å². The maximum atomic E-state index is 12.9. The summed E-state index contributed by atoms with van der Waals surface area (Å²) in [5, 5.41) is 3.18. The number of nitrogens with one attached hydrogen (secondary N) is 1. The molecule has 0 saturated carbocycles. The highest BCUT2D eigenvalue weighted by Gasteiger charge is 2.41. The van der Waals surface area contributed by atoms with Gasteiger partial charge >= 0.3 is 5.97 Å². The molecule has 5 heteroatoms. The molecule has 2 rings (SSSR count). The summed E-state index contributed by atoms with van der Waals surface area (Å²) in [6.07, 6.45) is 1.09. The van der Waals surface area contributed by atoms with Gasteiger partial charge in [0.2, 0.25) is 0 Å². The number of carbonyl (C=O) groups excluding carboxylic acids is 1. The summed E-state index contributed by atoms with van der Waals surface area (Å²) < 4.78 is 23.4. The molecule has 1 aliphatic rings. The summed E-state index contributed by atoms with van der Waals surface area (Å²) in [5.74, 6) is -0.578. The highest BCUT2D eigenvalue weighted by atomic mass is 19.1. The number of halogens is 1. The van der Waals surface area contributed by atoms with E-state index in [2.05, 4.69) is 5.32 Å². The molecule has 4 nitrogen and oxygen atoms in total. The Morgan fingerprint density at radius 2 is 2.00 bits per heavy atom. The highest BCUT2D eigenvalue weighted by Crippen LogP contribution is 2.27. The molecule has 104 valence electrons. The minimum atomic E-state index is -0.772. The normalized spacial score (nSPS) is 17.8. The molecule has 0 bridgehead atoms. The summed E-state index contributed by atoms with van der Waals surface area (Å²) in [7, 11) is 0.